The molecule has 19 heavy (non-hydrogen) atoms. The molecule has 0 aliphatic heterocycles. The molecule has 100 valence electrons. The van der Waals surface area contributed by atoms with Crippen LogP contribution in [0.15, 0.2) is 12.1 Å². The van der Waals surface area contributed by atoms with Crippen LogP contribution in [-0.2, 0) is 4.79 Å². The molecule has 0 aliphatic carbocycles. The molecule has 7 heteroatoms. The fourth-order valence-corrected chi connectivity index (χ4v) is 1.27. The molecule has 0 bridgehead atoms. The number of carboxylic acid groups (broad SMARTS) is 1. The third-order valence-corrected chi connectivity index (χ3v) is 1.94. The first-order chi connectivity index (χ1) is 8.97. The van der Waals surface area contributed by atoms with Gasteiger partial charge in [-0.15, -0.1) is 0 Å². The van der Waals surface area contributed by atoms with Gasteiger partial charge < -0.3 is 14.6 Å². The fraction of sp³-hybridized carbons (Fsp3) is 0.167. The van der Waals surface area contributed by atoms with E-state index in [1.807, 2.05) is 0 Å². The number of halogens is 2. The van der Waals surface area contributed by atoms with E-state index in [0.29, 0.717) is 6.29 Å². The maximum atomic E-state index is 12.3. The molecular weight excluding hydrogens is 262 g/mol. The predicted molar refractivity (Wildman–Crippen MR) is 59.5 cm³/mol. The lowest BCUT2D eigenvalue weighted by Gasteiger charge is -2.12. The summed E-state index contributed by atoms with van der Waals surface area (Å²) in [6.07, 6.45) is 0.445. The standard InChI is InChI=1S/C12H8F2O5/c1-18-9-5-7(6-15)4-8(2-3-10(16)17)11(9)19-12(13)14/h4-6,12H,1H3,(H,16,17). The number of methoxy groups -OCH3 is 1. The molecular formula is C12H8F2O5. The summed E-state index contributed by atoms with van der Waals surface area (Å²) in [6.45, 7) is -3.14. The number of hydrogen-bond acceptors (Lipinski definition) is 4. The Morgan fingerprint density at radius 1 is 1.47 bits per heavy atom. The van der Waals surface area contributed by atoms with Crippen LogP contribution in [0.25, 0.3) is 0 Å². The Morgan fingerprint density at radius 2 is 2.16 bits per heavy atom. The highest BCUT2D eigenvalue weighted by Crippen LogP contribution is 2.33. The van der Waals surface area contributed by atoms with Gasteiger partial charge in [-0.1, -0.05) is 5.92 Å². The van der Waals surface area contributed by atoms with Crippen LogP contribution in [0, 0.1) is 11.8 Å². The number of benzene rings is 1. The van der Waals surface area contributed by atoms with Crippen molar-refractivity contribution in [3.8, 4) is 23.3 Å². The summed E-state index contributed by atoms with van der Waals surface area (Å²) in [5, 5.41) is 8.44. The van der Waals surface area contributed by atoms with Crippen molar-refractivity contribution in [2.75, 3.05) is 7.11 Å². The summed E-state index contributed by atoms with van der Waals surface area (Å²) in [6, 6.07) is 2.31. The Kier molecular flexibility index (Phi) is 4.83. The van der Waals surface area contributed by atoms with Gasteiger partial charge in [0.2, 0.25) is 0 Å². The molecule has 5 nitrogen and oxygen atoms in total. The summed E-state index contributed by atoms with van der Waals surface area (Å²) < 4.78 is 33.6. The Morgan fingerprint density at radius 3 is 2.63 bits per heavy atom. The monoisotopic (exact) mass is 270 g/mol. The summed E-state index contributed by atoms with van der Waals surface area (Å²) in [4.78, 5) is 21.0. The van der Waals surface area contributed by atoms with E-state index in [2.05, 4.69) is 10.7 Å². The normalized spacial score (nSPS) is 9.47. The van der Waals surface area contributed by atoms with Crippen molar-refractivity contribution in [1.29, 1.82) is 0 Å². The van der Waals surface area contributed by atoms with Gasteiger partial charge in [0.25, 0.3) is 0 Å². The van der Waals surface area contributed by atoms with Gasteiger partial charge in [-0.25, -0.2) is 4.79 Å². The second-order valence-corrected chi connectivity index (χ2v) is 3.15. The van der Waals surface area contributed by atoms with E-state index in [-0.39, 0.29) is 16.9 Å². The number of aliphatic carboxylic acids is 1. The van der Waals surface area contributed by atoms with Gasteiger partial charge in [0.05, 0.1) is 12.7 Å². The van der Waals surface area contributed by atoms with Gasteiger partial charge >= 0.3 is 12.6 Å². The highest BCUT2D eigenvalue weighted by molar-refractivity contribution is 5.88. The maximum Gasteiger partial charge on any atom is 0.387 e. The van der Waals surface area contributed by atoms with E-state index in [0.717, 1.165) is 6.07 Å². The van der Waals surface area contributed by atoms with E-state index in [9.17, 15) is 18.4 Å². The molecule has 0 saturated heterocycles. The lowest BCUT2D eigenvalue weighted by molar-refractivity contribution is -0.130. The van der Waals surface area contributed by atoms with Crippen LogP contribution < -0.4 is 9.47 Å². The third kappa shape index (κ3) is 3.96. The average Bonchev–Trinajstić information content (AvgIpc) is 2.36. The second-order valence-electron chi connectivity index (χ2n) is 3.15. The number of hydrogen-bond donors (Lipinski definition) is 1. The molecule has 1 aromatic carbocycles. The Hall–Kier alpha value is -2.62. The first-order valence-electron chi connectivity index (χ1n) is 4.85. The molecule has 0 amide bonds. The topological polar surface area (TPSA) is 72.8 Å². The van der Waals surface area contributed by atoms with Crippen molar-refractivity contribution in [2.24, 2.45) is 0 Å². The SMILES string of the molecule is COc1cc(C=O)cc(C#CC(=O)O)c1OC(F)F. The van der Waals surface area contributed by atoms with Crippen molar-refractivity contribution in [1.82, 2.24) is 0 Å². The second kappa shape index (κ2) is 6.35. The largest absolute Gasteiger partial charge is 0.493 e. The minimum atomic E-state index is -3.14. The van der Waals surface area contributed by atoms with Gasteiger partial charge in [-0.2, -0.15) is 8.78 Å². The number of ether oxygens (including phenoxy) is 2. The van der Waals surface area contributed by atoms with E-state index in [4.69, 9.17) is 9.84 Å². The Bertz CT molecular complexity index is 557. The number of alkyl halides is 2. The first-order valence-corrected chi connectivity index (χ1v) is 4.85. The van der Waals surface area contributed by atoms with Crippen molar-refractivity contribution in [3.05, 3.63) is 23.3 Å². The van der Waals surface area contributed by atoms with Gasteiger partial charge in [-0.05, 0) is 12.1 Å². The molecule has 0 radical (unpaired) electrons. The quantitative estimate of drug-likeness (QED) is 0.663. The van der Waals surface area contributed by atoms with E-state index >= 15 is 0 Å². The van der Waals surface area contributed by atoms with E-state index < -0.39 is 18.3 Å². The maximum absolute atomic E-state index is 12.3. The zero-order valence-corrected chi connectivity index (χ0v) is 9.65. The van der Waals surface area contributed by atoms with Crippen LogP contribution in [0.2, 0.25) is 0 Å². The van der Waals surface area contributed by atoms with Gasteiger partial charge in [-0.3, -0.25) is 4.79 Å². The highest BCUT2D eigenvalue weighted by atomic mass is 19.3. The van der Waals surface area contributed by atoms with Crippen LogP contribution in [0.3, 0.4) is 0 Å². The summed E-state index contributed by atoms with van der Waals surface area (Å²) in [7, 11) is 1.19. The van der Waals surface area contributed by atoms with Crippen molar-refractivity contribution < 1.29 is 33.0 Å². The summed E-state index contributed by atoms with van der Waals surface area (Å²) in [5.41, 5.74) is -0.0858. The van der Waals surface area contributed by atoms with E-state index in [1.165, 1.54) is 13.2 Å². The van der Waals surface area contributed by atoms with Crippen LogP contribution in [0.1, 0.15) is 15.9 Å². The van der Waals surface area contributed by atoms with Crippen LogP contribution >= 0.6 is 0 Å². The molecule has 1 aromatic rings. The molecule has 0 atom stereocenters. The molecule has 0 spiro atoms. The number of carboxylic acids is 1. The highest BCUT2D eigenvalue weighted by Gasteiger charge is 2.16. The van der Waals surface area contributed by atoms with Crippen molar-refractivity contribution >= 4 is 12.3 Å². The molecule has 0 aromatic heterocycles. The molecule has 1 N–H and O–H groups in total. The number of carbonyl (C=O) groups excluding carboxylic acids is 1. The summed E-state index contributed by atoms with van der Waals surface area (Å²) in [5.74, 6) is 1.86. The van der Waals surface area contributed by atoms with Gasteiger partial charge in [0.1, 0.15) is 6.29 Å². The minimum absolute atomic E-state index is 0.0909. The third-order valence-electron chi connectivity index (χ3n) is 1.94. The van der Waals surface area contributed by atoms with Gasteiger partial charge in [0, 0.05) is 11.5 Å². The lowest BCUT2D eigenvalue weighted by Crippen LogP contribution is -2.06. The van der Waals surface area contributed by atoms with Gasteiger partial charge in [0.15, 0.2) is 11.5 Å². The number of rotatable bonds is 4. The molecule has 0 heterocycles. The number of carbonyl (C=O) groups is 2. The van der Waals surface area contributed by atoms with Crippen LogP contribution in [-0.4, -0.2) is 31.1 Å². The number of aldehydes is 1. The molecule has 1 rings (SSSR count). The van der Waals surface area contributed by atoms with Crippen LogP contribution in [0.5, 0.6) is 11.5 Å². The average molecular weight is 270 g/mol. The zero-order valence-electron chi connectivity index (χ0n) is 9.65. The lowest BCUT2D eigenvalue weighted by atomic mass is 10.1. The molecule has 0 saturated carbocycles. The molecule has 0 aliphatic rings. The van der Waals surface area contributed by atoms with E-state index in [1.54, 1.807) is 5.92 Å². The molecule has 0 unspecified atom stereocenters. The Labute approximate surface area is 106 Å². The minimum Gasteiger partial charge on any atom is -0.493 e. The predicted octanol–water partition coefficient (Wildman–Crippen LogP) is 1.55. The fourth-order valence-electron chi connectivity index (χ4n) is 1.27. The first kappa shape index (κ1) is 14.4. The smallest absolute Gasteiger partial charge is 0.387 e. The van der Waals surface area contributed by atoms with Crippen molar-refractivity contribution in [2.45, 2.75) is 6.61 Å². The Balaban J connectivity index is 3.42. The summed E-state index contributed by atoms with van der Waals surface area (Å²) >= 11 is 0. The van der Waals surface area contributed by atoms with Crippen molar-refractivity contribution in [3.63, 3.8) is 0 Å². The van der Waals surface area contributed by atoms with Crippen LogP contribution in [0.4, 0.5) is 8.78 Å². The zero-order chi connectivity index (χ0) is 14.4. The molecule has 0 fully saturated rings.